The van der Waals surface area contributed by atoms with Crippen molar-refractivity contribution in [2.24, 2.45) is 0 Å². The molecule has 0 radical (unpaired) electrons. The molecule has 0 atom stereocenters. The van der Waals surface area contributed by atoms with Gasteiger partial charge in [-0.15, -0.1) is 0 Å². The minimum atomic E-state index is -0.0324. The molecular weight excluding hydrogens is 212 g/mol. The van der Waals surface area contributed by atoms with Crippen LogP contribution < -0.4 is 0 Å². The molecule has 0 N–H and O–H groups in total. The highest BCUT2D eigenvalue weighted by Gasteiger charge is 2.13. The molecule has 5 heteroatoms. The van der Waals surface area contributed by atoms with Gasteiger partial charge in [0.1, 0.15) is 0 Å². The van der Waals surface area contributed by atoms with Crippen LogP contribution in [-0.4, -0.2) is 35.2 Å². The number of aromatic nitrogens is 2. The molecule has 0 bridgehead atoms. The Bertz CT molecular complexity index is 278. The predicted molar refractivity (Wildman–Crippen MR) is 57.7 cm³/mol. The van der Waals surface area contributed by atoms with Gasteiger partial charge in [-0.3, -0.25) is 0 Å². The smallest absolute Gasteiger partial charge is 0.187 e. The molecule has 1 saturated heterocycles. The Morgan fingerprint density at radius 2 is 2.00 bits per heavy atom. The van der Waals surface area contributed by atoms with Crippen LogP contribution in [0.3, 0.4) is 0 Å². The summed E-state index contributed by atoms with van der Waals surface area (Å²) in [5.41, 5.74) is 0. The summed E-state index contributed by atoms with van der Waals surface area (Å²) >= 11 is 1.63. The van der Waals surface area contributed by atoms with E-state index in [0.717, 1.165) is 37.0 Å². The number of hydrogen-bond acceptors (Lipinski definition) is 5. The van der Waals surface area contributed by atoms with E-state index >= 15 is 0 Å². The summed E-state index contributed by atoms with van der Waals surface area (Å²) in [5.74, 6) is 0.925. The average Bonchev–Trinajstić information content (AvgIpc) is 2.32. The average molecular weight is 226 g/mol. The minimum Gasteiger partial charge on any atom is -0.353 e. The molecule has 0 saturated carbocycles. The second-order valence-electron chi connectivity index (χ2n) is 3.19. The summed E-state index contributed by atoms with van der Waals surface area (Å²) in [5, 5.41) is 0.813. The van der Waals surface area contributed by atoms with Crippen molar-refractivity contribution in [1.82, 2.24) is 9.97 Å². The third kappa shape index (κ3) is 3.77. The molecule has 1 aliphatic heterocycles. The first-order chi connectivity index (χ1) is 7.45. The largest absolute Gasteiger partial charge is 0.353 e. The zero-order chi connectivity index (χ0) is 10.3. The molecule has 0 unspecified atom stereocenters. The van der Waals surface area contributed by atoms with Gasteiger partial charge in [-0.05, 0) is 12.5 Å². The first-order valence-electron chi connectivity index (χ1n) is 5.08. The molecule has 2 rings (SSSR count). The Morgan fingerprint density at radius 3 is 2.73 bits per heavy atom. The molecule has 0 amide bonds. The van der Waals surface area contributed by atoms with E-state index in [9.17, 15) is 0 Å². The molecular formula is C10H14N2O2S. The molecule has 0 aromatic carbocycles. The van der Waals surface area contributed by atoms with E-state index in [2.05, 4.69) is 9.97 Å². The topological polar surface area (TPSA) is 44.2 Å². The molecule has 0 spiro atoms. The van der Waals surface area contributed by atoms with Crippen molar-refractivity contribution in [3.05, 3.63) is 18.5 Å². The lowest BCUT2D eigenvalue weighted by Gasteiger charge is -2.22. The maximum atomic E-state index is 5.44. The summed E-state index contributed by atoms with van der Waals surface area (Å²) < 4.78 is 10.9. The van der Waals surface area contributed by atoms with E-state index in [-0.39, 0.29) is 6.29 Å². The fraction of sp³-hybridized carbons (Fsp3) is 0.600. The lowest BCUT2D eigenvalue weighted by molar-refractivity contribution is -0.178. The monoisotopic (exact) mass is 226 g/mol. The quantitative estimate of drug-likeness (QED) is 0.578. The van der Waals surface area contributed by atoms with Crippen LogP contribution in [0.2, 0.25) is 0 Å². The van der Waals surface area contributed by atoms with E-state index in [1.165, 1.54) is 0 Å². The molecule has 1 aromatic heterocycles. The second kappa shape index (κ2) is 6.05. The van der Waals surface area contributed by atoms with Crippen molar-refractivity contribution >= 4 is 11.8 Å². The van der Waals surface area contributed by atoms with Crippen LogP contribution in [-0.2, 0) is 9.47 Å². The Hall–Kier alpha value is -0.650. The first-order valence-corrected chi connectivity index (χ1v) is 6.07. The molecule has 2 heterocycles. The van der Waals surface area contributed by atoms with Gasteiger partial charge in [0, 0.05) is 24.6 Å². The van der Waals surface area contributed by atoms with Crippen LogP contribution in [0.15, 0.2) is 23.6 Å². The van der Waals surface area contributed by atoms with Crippen molar-refractivity contribution in [2.45, 2.75) is 24.3 Å². The van der Waals surface area contributed by atoms with Crippen LogP contribution in [0.4, 0.5) is 0 Å². The minimum absolute atomic E-state index is 0.0324. The Labute approximate surface area is 93.4 Å². The summed E-state index contributed by atoms with van der Waals surface area (Å²) in [6, 6.07) is 1.82. The highest BCUT2D eigenvalue weighted by Crippen LogP contribution is 2.16. The number of rotatable bonds is 4. The Morgan fingerprint density at radius 1 is 1.27 bits per heavy atom. The van der Waals surface area contributed by atoms with Crippen LogP contribution in [0.1, 0.15) is 12.8 Å². The molecule has 0 aliphatic carbocycles. The SMILES string of the molecule is c1cnc(SCCC2OCCCO2)nc1. The van der Waals surface area contributed by atoms with Gasteiger partial charge in [-0.1, -0.05) is 11.8 Å². The van der Waals surface area contributed by atoms with Gasteiger partial charge in [0.2, 0.25) is 0 Å². The molecule has 1 aromatic rings. The number of nitrogens with zero attached hydrogens (tertiary/aromatic N) is 2. The van der Waals surface area contributed by atoms with E-state index in [1.807, 2.05) is 6.07 Å². The molecule has 82 valence electrons. The summed E-state index contributed by atoms with van der Waals surface area (Å²) in [4.78, 5) is 8.26. The van der Waals surface area contributed by atoms with E-state index in [1.54, 1.807) is 24.2 Å². The van der Waals surface area contributed by atoms with Crippen LogP contribution >= 0.6 is 11.8 Å². The van der Waals surface area contributed by atoms with Crippen molar-refractivity contribution in [3.8, 4) is 0 Å². The highest BCUT2D eigenvalue weighted by molar-refractivity contribution is 7.99. The first kappa shape index (κ1) is 10.9. The van der Waals surface area contributed by atoms with Gasteiger partial charge in [-0.25, -0.2) is 9.97 Å². The highest BCUT2D eigenvalue weighted by atomic mass is 32.2. The standard InChI is InChI=1S/C10H14N2O2S/c1-4-11-10(12-5-1)15-8-3-9-13-6-2-7-14-9/h1,4-5,9H,2-3,6-8H2. The molecule has 1 fully saturated rings. The zero-order valence-electron chi connectivity index (χ0n) is 8.46. The van der Waals surface area contributed by atoms with Crippen LogP contribution in [0.5, 0.6) is 0 Å². The van der Waals surface area contributed by atoms with E-state index in [4.69, 9.17) is 9.47 Å². The van der Waals surface area contributed by atoms with Gasteiger partial charge >= 0.3 is 0 Å². The second-order valence-corrected chi connectivity index (χ2v) is 4.26. The fourth-order valence-electron chi connectivity index (χ4n) is 1.31. The third-order valence-electron chi connectivity index (χ3n) is 2.02. The van der Waals surface area contributed by atoms with E-state index < -0.39 is 0 Å². The van der Waals surface area contributed by atoms with Crippen molar-refractivity contribution in [1.29, 1.82) is 0 Å². The predicted octanol–water partition coefficient (Wildman–Crippen LogP) is 1.72. The van der Waals surface area contributed by atoms with Crippen LogP contribution in [0.25, 0.3) is 0 Å². The van der Waals surface area contributed by atoms with Gasteiger partial charge in [0.25, 0.3) is 0 Å². The summed E-state index contributed by atoms with van der Waals surface area (Å²) in [7, 11) is 0. The Kier molecular flexibility index (Phi) is 4.38. The Balaban J connectivity index is 1.66. The number of ether oxygens (including phenoxy) is 2. The number of hydrogen-bond donors (Lipinski definition) is 0. The van der Waals surface area contributed by atoms with Crippen LogP contribution in [0, 0.1) is 0 Å². The molecule has 1 aliphatic rings. The fourth-order valence-corrected chi connectivity index (χ4v) is 2.07. The zero-order valence-corrected chi connectivity index (χ0v) is 9.28. The van der Waals surface area contributed by atoms with Crippen molar-refractivity contribution < 1.29 is 9.47 Å². The molecule has 15 heavy (non-hydrogen) atoms. The summed E-state index contributed by atoms with van der Waals surface area (Å²) in [6.45, 7) is 1.63. The van der Waals surface area contributed by atoms with Crippen molar-refractivity contribution in [2.75, 3.05) is 19.0 Å². The van der Waals surface area contributed by atoms with Gasteiger partial charge in [0.15, 0.2) is 11.4 Å². The van der Waals surface area contributed by atoms with Gasteiger partial charge in [-0.2, -0.15) is 0 Å². The lowest BCUT2D eigenvalue weighted by Crippen LogP contribution is -2.25. The lowest BCUT2D eigenvalue weighted by atomic mass is 10.4. The maximum Gasteiger partial charge on any atom is 0.187 e. The van der Waals surface area contributed by atoms with Gasteiger partial charge < -0.3 is 9.47 Å². The third-order valence-corrected chi connectivity index (χ3v) is 2.93. The van der Waals surface area contributed by atoms with E-state index in [0.29, 0.717) is 0 Å². The number of thioether (sulfide) groups is 1. The normalized spacial score (nSPS) is 17.9. The maximum absolute atomic E-state index is 5.44. The summed E-state index contributed by atoms with van der Waals surface area (Å²) in [6.07, 6.45) is 5.37. The van der Waals surface area contributed by atoms with Gasteiger partial charge in [0.05, 0.1) is 13.2 Å². The van der Waals surface area contributed by atoms with Crippen molar-refractivity contribution in [3.63, 3.8) is 0 Å². The molecule has 4 nitrogen and oxygen atoms in total.